The van der Waals surface area contributed by atoms with Crippen LogP contribution in [0.15, 0.2) is 24.3 Å². The number of likely N-dealkylation sites (N-methyl/N-ethyl adjacent to an activating group) is 1. The van der Waals surface area contributed by atoms with E-state index in [0.29, 0.717) is 5.56 Å². The van der Waals surface area contributed by atoms with Crippen LogP contribution in [0.1, 0.15) is 22.3 Å². The first kappa shape index (κ1) is 12.4. The second-order valence-electron chi connectivity index (χ2n) is 3.67. The molecule has 4 heteroatoms. The molecule has 0 saturated heterocycles. The van der Waals surface area contributed by atoms with Crippen LogP contribution in [0.3, 0.4) is 0 Å². The summed E-state index contributed by atoms with van der Waals surface area (Å²) < 4.78 is 0. The zero-order valence-electron chi connectivity index (χ0n) is 9.36. The minimum atomic E-state index is -1.01. The highest BCUT2D eigenvalue weighted by Gasteiger charge is 2.19. The van der Waals surface area contributed by atoms with Crippen LogP contribution in [0.25, 0.3) is 0 Å². The van der Waals surface area contributed by atoms with Crippen LogP contribution in [-0.4, -0.2) is 29.9 Å². The molecule has 0 radical (unpaired) electrons. The summed E-state index contributed by atoms with van der Waals surface area (Å²) in [5.74, 6) is -1.18. The van der Waals surface area contributed by atoms with Crippen molar-refractivity contribution in [3.63, 3.8) is 0 Å². The van der Waals surface area contributed by atoms with Gasteiger partial charge in [0, 0.05) is 12.0 Å². The normalized spacial score (nSPS) is 12.1. The van der Waals surface area contributed by atoms with E-state index in [2.05, 4.69) is 5.32 Å². The molecule has 86 valence electrons. The summed E-state index contributed by atoms with van der Waals surface area (Å²) in [4.78, 5) is 22.5. The van der Waals surface area contributed by atoms with E-state index in [0.717, 1.165) is 5.56 Å². The number of carboxylic acid groups (broad SMARTS) is 1. The molecule has 0 unspecified atom stereocenters. The van der Waals surface area contributed by atoms with Crippen LogP contribution in [0.4, 0.5) is 0 Å². The third kappa shape index (κ3) is 3.17. The van der Waals surface area contributed by atoms with Gasteiger partial charge >= 0.3 is 5.97 Å². The monoisotopic (exact) mass is 221 g/mol. The number of hydrogen-bond acceptors (Lipinski definition) is 3. The summed E-state index contributed by atoms with van der Waals surface area (Å²) in [7, 11) is 1.53. The fourth-order valence-corrected chi connectivity index (χ4v) is 1.36. The van der Waals surface area contributed by atoms with Crippen LogP contribution in [0.5, 0.6) is 0 Å². The van der Waals surface area contributed by atoms with Crippen LogP contribution in [0.2, 0.25) is 0 Å². The first-order valence-electron chi connectivity index (χ1n) is 5.04. The average molecular weight is 221 g/mol. The van der Waals surface area contributed by atoms with E-state index in [1.54, 1.807) is 12.1 Å². The van der Waals surface area contributed by atoms with Crippen molar-refractivity contribution in [3.8, 4) is 0 Å². The number of nitrogens with one attached hydrogen (secondary N) is 1. The van der Waals surface area contributed by atoms with Gasteiger partial charge in [0.25, 0.3) is 0 Å². The number of aliphatic carboxylic acids is 1. The summed E-state index contributed by atoms with van der Waals surface area (Å²) >= 11 is 0. The molecule has 1 rings (SSSR count). The molecule has 4 nitrogen and oxygen atoms in total. The van der Waals surface area contributed by atoms with Gasteiger partial charge in [-0.25, -0.2) is 0 Å². The number of carboxylic acids is 1. The number of benzene rings is 1. The molecule has 0 heterocycles. The van der Waals surface area contributed by atoms with Crippen molar-refractivity contribution >= 4 is 11.8 Å². The van der Waals surface area contributed by atoms with Crippen molar-refractivity contribution in [2.45, 2.75) is 19.4 Å². The van der Waals surface area contributed by atoms with Gasteiger partial charge < -0.3 is 10.4 Å². The topological polar surface area (TPSA) is 66.4 Å². The van der Waals surface area contributed by atoms with E-state index >= 15 is 0 Å². The predicted molar refractivity (Wildman–Crippen MR) is 60.6 cm³/mol. The highest BCUT2D eigenvalue weighted by atomic mass is 16.4. The standard InChI is InChI=1S/C12H15NO3/c1-8-3-5-9(6-4-8)11(14)7-10(13-2)12(15)16/h3-6,10,13H,7H2,1-2H3,(H,15,16)/t10-/m0/s1. The molecule has 0 spiro atoms. The molecule has 0 bridgehead atoms. The summed E-state index contributed by atoms with van der Waals surface area (Å²) in [6.45, 7) is 1.93. The third-order valence-corrected chi connectivity index (χ3v) is 2.41. The molecule has 1 atom stereocenters. The van der Waals surface area contributed by atoms with Crippen LogP contribution in [0, 0.1) is 6.92 Å². The fraction of sp³-hybridized carbons (Fsp3) is 0.333. The number of Topliss-reactive ketones (excluding diaryl/α,β-unsaturated/α-hetero) is 1. The average Bonchev–Trinajstić information content (AvgIpc) is 2.26. The van der Waals surface area contributed by atoms with E-state index in [4.69, 9.17) is 5.11 Å². The predicted octanol–water partition coefficient (Wildman–Crippen LogP) is 1.24. The number of ketones is 1. The second-order valence-corrected chi connectivity index (χ2v) is 3.67. The number of rotatable bonds is 5. The smallest absolute Gasteiger partial charge is 0.321 e. The molecule has 1 aromatic carbocycles. The van der Waals surface area contributed by atoms with Gasteiger partial charge in [0.1, 0.15) is 6.04 Å². The van der Waals surface area contributed by atoms with Gasteiger partial charge in [-0.2, -0.15) is 0 Å². The van der Waals surface area contributed by atoms with E-state index < -0.39 is 12.0 Å². The molecular weight excluding hydrogens is 206 g/mol. The molecule has 0 aliphatic rings. The van der Waals surface area contributed by atoms with Crippen LogP contribution >= 0.6 is 0 Å². The maximum Gasteiger partial charge on any atom is 0.321 e. The quantitative estimate of drug-likeness (QED) is 0.734. The SMILES string of the molecule is CN[C@@H](CC(=O)c1ccc(C)cc1)C(=O)O. The summed E-state index contributed by atoms with van der Waals surface area (Å²) in [6.07, 6.45) is -0.0328. The first-order chi connectivity index (χ1) is 7.54. The Morgan fingerprint density at radius 2 is 1.88 bits per heavy atom. The largest absolute Gasteiger partial charge is 0.480 e. The highest BCUT2D eigenvalue weighted by Crippen LogP contribution is 2.07. The Morgan fingerprint density at radius 1 is 1.31 bits per heavy atom. The van der Waals surface area contributed by atoms with Crippen LogP contribution < -0.4 is 5.32 Å². The fourth-order valence-electron chi connectivity index (χ4n) is 1.36. The third-order valence-electron chi connectivity index (χ3n) is 2.41. The van der Waals surface area contributed by atoms with Crippen molar-refractivity contribution in [2.24, 2.45) is 0 Å². The van der Waals surface area contributed by atoms with E-state index in [-0.39, 0.29) is 12.2 Å². The first-order valence-corrected chi connectivity index (χ1v) is 5.04. The Labute approximate surface area is 94.3 Å². The lowest BCUT2D eigenvalue weighted by atomic mass is 10.0. The lowest BCUT2D eigenvalue weighted by Gasteiger charge is -2.09. The molecule has 0 saturated carbocycles. The van der Waals surface area contributed by atoms with Crippen molar-refractivity contribution in [3.05, 3.63) is 35.4 Å². The Kier molecular flexibility index (Phi) is 4.19. The lowest BCUT2D eigenvalue weighted by Crippen LogP contribution is -2.35. The van der Waals surface area contributed by atoms with Crippen molar-refractivity contribution in [1.29, 1.82) is 0 Å². The Morgan fingerprint density at radius 3 is 2.31 bits per heavy atom. The summed E-state index contributed by atoms with van der Waals surface area (Å²) in [5.41, 5.74) is 1.62. The number of aryl methyl sites for hydroxylation is 1. The molecule has 2 N–H and O–H groups in total. The second kappa shape index (κ2) is 5.42. The van der Waals surface area contributed by atoms with Crippen LogP contribution in [-0.2, 0) is 4.79 Å². The molecule has 0 fully saturated rings. The van der Waals surface area contributed by atoms with Gasteiger partial charge in [0.2, 0.25) is 0 Å². The molecule has 0 aliphatic heterocycles. The lowest BCUT2D eigenvalue weighted by molar-refractivity contribution is -0.139. The van der Waals surface area contributed by atoms with E-state index in [1.165, 1.54) is 7.05 Å². The van der Waals surface area contributed by atoms with Crippen molar-refractivity contribution in [1.82, 2.24) is 5.32 Å². The summed E-state index contributed by atoms with van der Waals surface area (Å²) in [5, 5.41) is 11.4. The molecule has 0 amide bonds. The zero-order chi connectivity index (χ0) is 12.1. The minimum Gasteiger partial charge on any atom is -0.480 e. The van der Waals surface area contributed by atoms with Crippen molar-refractivity contribution in [2.75, 3.05) is 7.05 Å². The molecule has 16 heavy (non-hydrogen) atoms. The van der Waals surface area contributed by atoms with E-state index in [1.807, 2.05) is 19.1 Å². The Bertz CT molecular complexity index is 384. The summed E-state index contributed by atoms with van der Waals surface area (Å²) in [6, 6.07) is 6.28. The van der Waals surface area contributed by atoms with E-state index in [9.17, 15) is 9.59 Å². The van der Waals surface area contributed by atoms with Gasteiger partial charge in [0.15, 0.2) is 5.78 Å². The minimum absolute atomic E-state index is 0.0328. The molecular formula is C12H15NO3. The number of hydrogen-bond donors (Lipinski definition) is 2. The van der Waals surface area contributed by atoms with Gasteiger partial charge in [-0.05, 0) is 14.0 Å². The maximum absolute atomic E-state index is 11.7. The van der Waals surface area contributed by atoms with Gasteiger partial charge in [-0.3, -0.25) is 9.59 Å². The highest BCUT2D eigenvalue weighted by molar-refractivity contribution is 5.98. The number of carbonyl (C=O) groups is 2. The Hall–Kier alpha value is -1.68. The van der Waals surface area contributed by atoms with Gasteiger partial charge in [-0.15, -0.1) is 0 Å². The zero-order valence-corrected chi connectivity index (χ0v) is 9.36. The van der Waals surface area contributed by atoms with Gasteiger partial charge in [0.05, 0.1) is 0 Å². The molecule has 0 aromatic heterocycles. The van der Waals surface area contributed by atoms with Crippen molar-refractivity contribution < 1.29 is 14.7 Å². The maximum atomic E-state index is 11.7. The molecule has 1 aromatic rings. The van der Waals surface area contributed by atoms with Gasteiger partial charge in [-0.1, -0.05) is 29.8 Å². The molecule has 0 aliphatic carbocycles. The number of carbonyl (C=O) groups excluding carboxylic acids is 1. The Balaban J connectivity index is 2.71.